The number of amides is 1. The Labute approximate surface area is 134 Å². The molecule has 0 fully saturated rings. The Balaban J connectivity index is 2.01. The highest BCUT2D eigenvalue weighted by atomic mass is 35.5. The third-order valence-corrected chi connectivity index (χ3v) is 3.64. The summed E-state index contributed by atoms with van der Waals surface area (Å²) < 4.78 is 10.6. The van der Waals surface area contributed by atoms with Crippen LogP contribution < -0.4 is 15.4 Å². The Kier molecular flexibility index (Phi) is 5.46. The van der Waals surface area contributed by atoms with Gasteiger partial charge in [0.15, 0.2) is 11.8 Å². The molecule has 0 saturated carbocycles. The molecule has 0 aliphatic heterocycles. The van der Waals surface area contributed by atoms with Gasteiger partial charge in [-0.1, -0.05) is 11.6 Å². The lowest BCUT2D eigenvalue weighted by Gasteiger charge is -2.16. The van der Waals surface area contributed by atoms with Crippen LogP contribution in [0.1, 0.15) is 25.6 Å². The quantitative estimate of drug-likeness (QED) is 0.858. The summed E-state index contributed by atoms with van der Waals surface area (Å²) in [7, 11) is 1.55. The minimum Gasteiger partial charge on any atom is -0.495 e. The fraction of sp³-hybridized carbons (Fsp3) is 0.312. The highest BCUT2D eigenvalue weighted by molar-refractivity contribution is 6.31. The fourth-order valence-electron chi connectivity index (χ4n) is 2.19. The Hall–Kier alpha value is -1.98. The smallest absolute Gasteiger partial charge is 0.282 e. The summed E-state index contributed by atoms with van der Waals surface area (Å²) in [6.45, 7) is 3.83. The van der Waals surface area contributed by atoms with Gasteiger partial charge in [-0.3, -0.25) is 4.79 Å². The Bertz CT molecular complexity index is 628. The zero-order valence-corrected chi connectivity index (χ0v) is 13.6. The second-order valence-electron chi connectivity index (χ2n) is 5.12. The lowest BCUT2D eigenvalue weighted by Crippen LogP contribution is -2.91. The summed E-state index contributed by atoms with van der Waals surface area (Å²) in [5, 5.41) is 5.32. The molecule has 1 amide bonds. The molecule has 22 heavy (non-hydrogen) atoms. The molecular weight excluding hydrogens is 304 g/mol. The van der Waals surface area contributed by atoms with Gasteiger partial charge >= 0.3 is 0 Å². The number of benzene rings is 1. The number of carbonyl (C=O) groups is 1. The van der Waals surface area contributed by atoms with E-state index in [-0.39, 0.29) is 18.0 Å². The number of halogens is 1. The van der Waals surface area contributed by atoms with E-state index in [4.69, 9.17) is 20.8 Å². The molecule has 2 aromatic rings. The minimum atomic E-state index is -0.288. The molecule has 3 N–H and O–H groups in total. The first-order valence-corrected chi connectivity index (χ1v) is 7.42. The first kappa shape index (κ1) is 16.4. The molecule has 0 unspecified atom stereocenters. The fourth-order valence-corrected chi connectivity index (χ4v) is 2.36. The maximum Gasteiger partial charge on any atom is 0.282 e. The summed E-state index contributed by atoms with van der Waals surface area (Å²) in [6, 6.07) is 8.59. The van der Waals surface area contributed by atoms with Crippen LogP contribution in [0.4, 0.5) is 5.69 Å². The second kappa shape index (κ2) is 7.33. The number of nitrogens with two attached hydrogens (primary N) is 1. The maximum atomic E-state index is 12.3. The van der Waals surface area contributed by atoms with Gasteiger partial charge < -0.3 is 19.8 Å². The molecule has 1 aromatic heterocycles. The van der Waals surface area contributed by atoms with Crippen LogP contribution in [0, 0.1) is 0 Å². The van der Waals surface area contributed by atoms with Gasteiger partial charge in [0.2, 0.25) is 0 Å². The summed E-state index contributed by atoms with van der Waals surface area (Å²) in [5.74, 6) is 1.28. The molecule has 1 heterocycles. The van der Waals surface area contributed by atoms with Crippen molar-refractivity contribution in [3.63, 3.8) is 0 Å². The monoisotopic (exact) mass is 323 g/mol. The first-order chi connectivity index (χ1) is 10.5. The highest BCUT2D eigenvalue weighted by Gasteiger charge is 2.22. The van der Waals surface area contributed by atoms with Gasteiger partial charge in [-0.05, 0) is 44.2 Å². The van der Waals surface area contributed by atoms with E-state index in [9.17, 15) is 4.79 Å². The molecule has 0 bridgehead atoms. The van der Waals surface area contributed by atoms with Crippen LogP contribution in [0.3, 0.4) is 0 Å². The molecule has 0 saturated heterocycles. The van der Waals surface area contributed by atoms with E-state index in [0.717, 1.165) is 5.76 Å². The van der Waals surface area contributed by atoms with Gasteiger partial charge in [-0.2, -0.15) is 0 Å². The topological polar surface area (TPSA) is 68.1 Å². The van der Waals surface area contributed by atoms with Crippen LogP contribution in [-0.2, 0) is 4.79 Å². The van der Waals surface area contributed by atoms with E-state index in [0.29, 0.717) is 16.5 Å². The zero-order chi connectivity index (χ0) is 16.1. The van der Waals surface area contributed by atoms with Crippen LogP contribution in [0.15, 0.2) is 41.0 Å². The van der Waals surface area contributed by atoms with E-state index in [1.165, 1.54) is 0 Å². The van der Waals surface area contributed by atoms with Crippen molar-refractivity contribution in [3.05, 3.63) is 47.4 Å². The Morgan fingerprint density at radius 1 is 1.36 bits per heavy atom. The number of anilines is 1. The lowest BCUT2D eigenvalue weighted by atomic mass is 10.2. The predicted molar refractivity (Wildman–Crippen MR) is 85.1 cm³/mol. The van der Waals surface area contributed by atoms with Crippen LogP contribution in [0.2, 0.25) is 5.02 Å². The van der Waals surface area contributed by atoms with Crippen molar-refractivity contribution in [2.24, 2.45) is 0 Å². The van der Waals surface area contributed by atoms with Gasteiger partial charge in [-0.15, -0.1) is 0 Å². The minimum absolute atomic E-state index is 0.0528. The summed E-state index contributed by atoms with van der Waals surface area (Å²) in [5.41, 5.74) is 0.561. The Morgan fingerprint density at radius 3 is 2.77 bits per heavy atom. The van der Waals surface area contributed by atoms with Crippen LogP contribution in [0.5, 0.6) is 5.75 Å². The zero-order valence-electron chi connectivity index (χ0n) is 12.8. The van der Waals surface area contributed by atoms with Crippen molar-refractivity contribution in [1.82, 2.24) is 0 Å². The third kappa shape index (κ3) is 4.02. The molecule has 1 aromatic carbocycles. The van der Waals surface area contributed by atoms with Crippen LogP contribution in [0.25, 0.3) is 0 Å². The number of rotatable bonds is 6. The molecule has 5 nitrogen and oxygen atoms in total. The number of methoxy groups -OCH3 is 1. The maximum absolute atomic E-state index is 12.3. The number of furan rings is 1. The van der Waals surface area contributed by atoms with Gasteiger partial charge in [0.25, 0.3) is 5.91 Å². The number of quaternary nitrogens is 1. The van der Waals surface area contributed by atoms with Crippen molar-refractivity contribution in [3.8, 4) is 5.75 Å². The average Bonchev–Trinajstić information content (AvgIpc) is 3.01. The van der Waals surface area contributed by atoms with Crippen molar-refractivity contribution in [1.29, 1.82) is 0 Å². The van der Waals surface area contributed by atoms with Crippen LogP contribution in [-0.4, -0.2) is 19.1 Å². The van der Waals surface area contributed by atoms with Crippen molar-refractivity contribution < 1.29 is 19.3 Å². The molecule has 6 heteroatoms. The molecular formula is C16H20ClN2O3+. The van der Waals surface area contributed by atoms with E-state index < -0.39 is 0 Å². The number of hydrogen-bond donors (Lipinski definition) is 2. The van der Waals surface area contributed by atoms with Gasteiger partial charge in [0.1, 0.15) is 11.8 Å². The number of carbonyl (C=O) groups excluding carboxylic acids is 1. The lowest BCUT2D eigenvalue weighted by molar-refractivity contribution is -0.711. The Morgan fingerprint density at radius 2 is 2.14 bits per heavy atom. The van der Waals surface area contributed by atoms with E-state index in [1.54, 1.807) is 31.6 Å². The molecule has 2 rings (SSSR count). The predicted octanol–water partition coefficient (Wildman–Crippen LogP) is 2.59. The van der Waals surface area contributed by atoms with Crippen LogP contribution >= 0.6 is 11.6 Å². The molecule has 2 atom stereocenters. The SMILES string of the molecule is COc1ccc(Cl)cc1NC(=O)[C@H](C)[NH2+][C@H](C)c1ccco1. The summed E-state index contributed by atoms with van der Waals surface area (Å²) in [6.07, 6.45) is 1.63. The summed E-state index contributed by atoms with van der Waals surface area (Å²) in [4.78, 5) is 12.3. The molecule has 0 aliphatic carbocycles. The number of nitrogens with one attached hydrogen (secondary N) is 1. The summed E-state index contributed by atoms with van der Waals surface area (Å²) >= 11 is 5.96. The number of hydrogen-bond acceptors (Lipinski definition) is 3. The second-order valence-corrected chi connectivity index (χ2v) is 5.56. The third-order valence-electron chi connectivity index (χ3n) is 3.40. The number of ether oxygens (including phenoxy) is 1. The standard InChI is InChI=1S/C16H19ClN2O3/c1-10(14-5-4-8-22-14)18-11(2)16(20)19-13-9-12(17)6-7-15(13)21-3/h4-11,18H,1-3H3,(H,19,20)/p+1/t10-,11+/m1/s1. The molecule has 118 valence electrons. The van der Waals surface area contributed by atoms with E-state index >= 15 is 0 Å². The molecule has 0 spiro atoms. The van der Waals surface area contributed by atoms with Gasteiger partial charge in [-0.25, -0.2) is 0 Å². The van der Waals surface area contributed by atoms with Crippen molar-refractivity contribution >= 4 is 23.2 Å². The molecule has 0 radical (unpaired) electrons. The highest BCUT2D eigenvalue weighted by Crippen LogP contribution is 2.27. The van der Waals surface area contributed by atoms with Gasteiger partial charge in [0, 0.05) is 5.02 Å². The molecule has 0 aliphatic rings. The average molecular weight is 324 g/mol. The largest absolute Gasteiger partial charge is 0.495 e. The van der Waals surface area contributed by atoms with E-state index in [1.807, 2.05) is 31.3 Å². The normalized spacial score (nSPS) is 13.5. The first-order valence-electron chi connectivity index (χ1n) is 7.04. The van der Waals surface area contributed by atoms with E-state index in [2.05, 4.69) is 5.32 Å². The van der Waals surface area contributed by atoms with Crippen molar-refractivity contribution in [2.45, 2.75) is 25.9 Å². The van der Waals surface area contributed by atoms with Gasteiger partial charge in [0.05, 0.1) is 19.1 Å². The van der Waals surface area contributed by atoms with Crippen molar-refractivity contribution in [2.75, 3.05) is 12.4 Å².